The summed E-state index contributed by atoms with van der Waals surface area (Å²) in [6, 6.07) is 3.53. The van der Waals surface area contributed by atoms with Crippen LogP contribution in [0.15, 0.2) is 12.1 Å². The van der Waals surface area contributed by atoms with E-state index in [9.17, 15) is 0 Å². The van der Waals surface area contributed by atoms with Crippen LogP contribution in [0.2, 0.25) is 10.0 Å². The summed E-state index contributed by atoms with van der Waals surface area (Å²) in [6.45, 7) is 6.17. The van der Waals surface area contributed by atoms with Gasteiger partial charge in [-0.05, 0) is 24.5 Å². The van der Waals surface area contributed by atoms with Crippen LogP contribution in [0.5, 0.6) is 5.75 Å². The van der Waals surface area contributed by atoms with Gasteiger partial charge in [0.25, 0.3) is 0 Å². The fourth-order valence-corrected chi connectivity index (χ4v) is 2.50. The monoisotopic (exact) mass is 368 g/mol. The van der Waals surface area contributed by atoms with Crippen molar-refractivity contribution in [3.8, 4) is 5.75 Å². The maximum Gasteiger partial charge on any atom is 0.142 e. The predicted molar refractivity (Wildman–Crippen MR) is 84.9 cm³/mol. The van der Waals surface area contributed by atoms with E-state index >= 15 is 0 Å². The molecule has 5 heteroatoms. The third-order valence-electron chi connectivity index (χ3n) is 2.54. The van der Waals surface area contributed by atoms with Gasteiger partial charge in [0.2, 0.25) is 0 Å². The SMILES string of the molecule is CC(C)CCOCCOc1c(Cl)cc(Cl)cc1CBr. The molecular formula is C14H19BrCl2O2. The Balaban J connectivity index is 2.41. The molecule has 0 N–H and O–H groups in total. The normalized spacial score (nSPS) is 11.1. The quantitative estimate of drug-likeness (QED) is 0.455. The fourth-order valence-electron chi connectivity index (χ4n) is 1.50. The summed E-state index contributed by atoms with van der Waals surface area (Å²) in [7, 11) is 0. The largest absolute Gasteiger partial charge is 0.489 e. The van der Waals surface area contributed by atoms with Gasteiger partial charge in [0.1, 0.15) is 12.4 Å². The summed E-state index contributed by atoms with van der Waals surface area (Å²) in [4.78, 5) is 0. The highest BCUT2D eigenvalue weighted by atomic mass is 79.9. The topological polar surface area (TPSA) is 18.5 Å². The first-order valence-corrected chi connectivity index (χ1v) is 8.16. The van der Waals surface area contributed by atoms with Crippen molar-refractivity contribution in [2.24, 2.45) is 5.92 Å². The van der Waals surface area contributed by atoms with E-state index in [-0.39, 0.29) is 0 Å². The Morgan fingerprint density at radius 2 is 1.89 bits per heavy atom. The van der Waals surface area contributed by atoms with E-state index in [2.05, 4.69) is 29.8 Å². The lowest BCUT2D eigenvalue weighted by molar-refractivity contribution is 0.0924. The van der Waals surface area contributed by atoms with Gasteiger partial charge in [-0.2, -0.15) is 0 Å². The molecule has 0 heterocycles. The molecule has 0 atom stereocenters. The van der Waals surface area contributed by atoms with Crippen molar-refractivity contribution in [1.29, 1.82) is 0 Å². The second-order valence-corrected chi connectivity index (χ2v) is 6.06. The van der Waals surface area contributed by atoms with E-state index < -0.39 is 0 Å². The molecule has 0 aliphatic rings. The lowest BCUT2D eigenvalue weighted by Crippen LogP contribution is -2.09. The molecule has 0 amide bonds. The molecule has 0 fully saturated rings. The summed E-state index contributed by atoms with van der Waals surface area (Å²) < 4.78 is 11.2. The highest BCUT2D eigenvalue weighted by molar-refractivity contribution is 9.08. The Morgan fingerprint density at radius 3 is 2.53 bits per heavy atom. The Morgan fingerprint density at radius 1 is 1.16 bits per heavy atom. The number of benzene rings is 1. The van der Waals surface area contributed by atoms with Gasteiger partial charge in [-0.25, -0.2) is 0 Å². The number of ether oxygens (including phenoxy) is 2. The van der Waals surface area contributed by atoms with E-state index in [0.29, 0.717) is 40.3 Å². The first-order valence-electron chi connectivity index (χ1n) is 6.29. The molecular weight excluding hydrogens is 351 g/mol. The van der Waals surface area contributed by atoms with E-state index in [4.69, 9.17) is 32.7 Å². The minimum Gasteiger partial charge on any atom is -0.489 e. The van der Waals surface area contributed by atoms with Crippen molar-refractivity contribution >= 4 is 39.1 Å². The smallest absolute Gasteiger partial charge is 0.142 e. The number of hydrogen-bond donors (Lipinski definition) is 0. The highest BCUT2D eigenvalue weighted by Gasteiger charge is 2.09. The number of alkyl halides is 1. The Hall–Kier alpha value is 0.0400. The molecule has 0 saturated heterocycles. The Kier molecular flexibility index (Phi) is 8.15. The third kappa shape index (κ3) is 6.35. The van der Waals surface area contributed by atoms with Crippen molar-refractivity contribution in [3.63, 3.8) is 0 Å². The van der Waals surface area contributed by atoms with E-state index in [1.54, 1.807) is 6.07 Å². The van der Waals surface area contributed by atoms with Crippen LogP contribution in [0.25, 0.3) is 0 Å². The van der Waals surface area contributed by atoms with Gasteiger partial charge >= 0.3 is 0 Å². The summed E-state index contributed by atoms with van der Waals surface area (Å²) in [5, 5.41) is 1.79. The Bertz CT molecular complexity index is 397. The van der Waals surface area contributed by atoms with Crippen LogP contribution in [0.1, 0.15) is 25.8 Å². The van der Waals surface area contributed by atoms with Crippen LogP contribution in [0, 0.1) is 5.92 Å². The standard InChI is InChI=1S/C14H19BrCl2O2/c1-10(2)3-4-18-5-6-19-14-11(9-15)7-12(16)8-13(14)17/h7-8,10H,3-6,9H2,1-2H3. The van der Waals surface area contributed by atoms with E-state index in [1.165, 1.54) is 0 Å². The molecule has 0 bridgehead atoms. The zero-order valence-corrected chi connectivity index (χ0v) is 14.3. The minimum atomic E-state index is 0.486. The fraction of sp³-hybridized carbons (Fsp3) is 0.571. The minimum absolute atomic E-state index is 0.486. The molecule has 0 spiro atoms. The van der Waals surface area contributed by atoms with Gasteiger partial charge in [0.15, 0.2) is 0 Å². The molecule has 1 aromatic rings. The van der Waals surface area contributed by atoms with Crippen molar-refractivity contribution in [2.75, 3.05) is 19.8 Å². The summed E-state index contributed by atoms with van der Waals surface area (Å²) in [5.41, 5.74) is 0.944. The average Bonchev–Trinajstić information content (AvgIpc) is 2.34. The lowest BCUT2D eigenvalue weighted by atomic mass is 10.1. The molecule has 0 aromatic heterocycles. The maximum absolute atomic E-state index is 6.12. The molecule has 108 valence electrons. The van der Waals surface area contributed by atoms with E-state index in [1.807, 2.05) is 6.07 Å². The van der Waals surface area contributed by atoms with Gasteiger partial charge in [-0.3, -0.25) is 0 Å². The van der Waals surface area contributed by atoms with Crippen LogP contribution in [0.4, 0.5) is 0 Å². The van der Waals surface area contributed by atoms with Crippen LogP contribution >= 0.6 is 39.1 Å². The molecule has 2 nitrogen and oxygen atoms in total. The van der Waals surface area contributed by atoms with Crippen LogP contribution in [-0.2, 0) is 10.1 Å². The van der Waals surface area contributed by atoms with Crippen molar-refractivity contribution in [2.45, 2.75) is 25.6 Å². The molecule has 0 aliphatic heterocycles. The number of halogens is 3. The van der Waals surface area contributed by atoms with E-state index in [0.717, 1.165) is 18.6 Å². The Labute approximate surface area is 133 Å². The van der Waals surface area contributed by atoms with Gasteiger partial charge in [0.05, 0.1) is 11.6 Å². The summed E-state index contributed by atoms with van der Waals surface area (Å²) >= 11 is 15.5. The molecule has 0 saturated carbocycles. The van der Waals surface area contributed by atoms with Gasteiger partial charge in [0, 0.05) is 22.5 Å². The zero-order valence-electron chi connectivity index (χ0n) is 11.2. The highest BCUT2D eigenvalue weighted by Crippen LogP contribution is 2.33. The van der Waals surface area contributed by atoms with Crippen molar-refractivity contribution in [3.05, 3.63) is 27.7 Å². The van der Waals surface area contributed by atoms with Gasteiger partial charge < -0.3 is 9.47 Å². The van der Waals surface area contributed by atoms with Gasteiger partial charge in [-0.15, -0.1) is 0 Å². The average molecular weight is 370 g/mol. The zero-order chi connectivity index (χ0) is 14.3. The lowest BCUT2D eigenvalue weighted by Gasteiger charge is -2.13. The third-order valence-corrected chi connectivity index (χ3v) is 3.65. The second-order valence-electron chi connectivity index (χ2n) is 4.65. The van der Waals surface area contributed by atoms with Gasteiger partial charge in [-0.1, -0.05) is 53.0 Å². The number of hydrogen-bond acceptors (Lipinski definition) is 2. The first-order chi connectivity index (χ1) is 9.04. The van der Waals surface area contributed by atoms with Crippen molar-refractivity contribution in [1.82, 2.24) is 0 Å². The molecule has 0 unspecified atom stereocenters. The molecule has 1 rings (SSSR count). The van der Waals surface area contributed by atoms with Crippen molar-refractivity contribution < 1.29 is 9.47 Å². The maximum atomic E-state index is 6.12. The second kappa shape index (κ2) is 9.06. The van der Waals surface area contributed by atoms with Crippen LogP contribution in [0.3, 0.4) is 0 Å². The first kappa shape index (κ1) is 17.1. The molecule has 19 heavy (non-hydrogen) atoms. The summed E-state index contributed by atoms with van der Waals surface area (Å²) in [6.07, 6.45) is 1.06. The molecule has 0 radical (unpaired) electrons. The van der Waals surface area contributed by atoms with Crippen LogP contribution < -0.4 is 4.74 Å². The molecule has 0 aliphatic carbocycles. The predicted octanol–water partition coefficient (Wildman–Crippen LogP) is 5.33. The molecule has 1 aromatic carbocycles. The number of rotatable bonds is 8. The van der Waals surface area contributed by atoms with Crippen LogP contribution in [-0.4, -0.2) is 19.8 Å². The summed E-state index contributed by atoms with van der Waals surface area (Å²) in [5.74, 6) is 1.34.